The van der Waals surface area contributed by atoms with Crippen molar-refractivity contribution in [2.24, 2.45) is 11.1 Å². The third-order valence-electron chi connectivity index (χ3n) is 13.7. The maximum Gasteiger partial charge on any atom is 0.407 e. The largest absolute Gasteiger partial charge is 0.481 e. The van der Waals surface area contributed by atoms with Gasteiger partial charge in [-0.2, -0.15) is 0 Å². The number of carbonyl (C=O) groups excluding carboxylic acids is 9. The van der Waals surface area contributed by atoms with Gasteiger partial charge in [0.25, 0.3) is 0 Å². The highest BCUT2D eigenvalue weighted by molar-refractivity contribution is 5.95. The van der Waals surface area contributed by atoms with Gasteiger partial charge in [0.05, 0.1) is 12.5 Å². The molecule has 0 aliphatic rings. The molecule has 5 atom stereocenters. The normalized spacial score (nSPS) is 13.1. The van der Waals surface area contributed by atoms with Crippen LogP contribution in [0.15, 0.2) is 91.1 Å². The second kappa shape index (κ2) is 35.7. The molecule has 4 aromatic rings. The number of nitrogens with zero attached hydrogens (tertiary/aromatic N) is 2. The zero-order valence-electron chi connectivity index (χ0n) is 52.4. The monoisotopic (exact) mass is 1260 g/mol. The number of nitrogens with two attached hydrogens (primary N) is 1. The summed E-state index contributed by atoms with van der Waals surface area (Å²) in [6, 6.07) is 15.0. The van der Waals surface area contributed by atoms with Crippen LogP contribution in [0.4, 0.5) is 13.6 Å². The van der Waals surface area contributed by atoms with Crippen LogP contribution < -0.4 is 37.6 Å². The number of carboxylic acids is 2. The van der Waals surface area contributed by atoms with E-state index in [1.54, 1.807) is 88.7 Å². The van der Waals surface area contributed by atoms with E-state index >= 15 is 4.39 Å². The van der Waals surface area contributed by atoms with Crippen LogP contribution in [-0.4, -0.2) is 146 Å². The van der Waals surface area contributed by atoms with Gasteiger partial charge in [-0.05, 0) is 100 Å². The number of unbranched alkanes of at least 4 members (excludes halogenated alkanes) is 1. The molecule has 0 saturated heterocycles. The molecule has 3 aromatic carbocycles. The first-order valence-corrected chi connectivity index (χ1v) is 29.3. The lowest BCUT2D eigenvalue weighted by Gasteiger charge is -2.41. The topological polar surface area (TPSA) is 373 Å². The summed E-state index contributed by atoms with van der Waals surface area (Å²) in [7, 11) is 0. The Bertz CT molecular complexity index is 3160. The predicted octanol–water partition coefficient (Wildman–Crippen LogP) is 4.66. The molecule has 490 valence electrons. The molecule has 27 heteroatoms. The van der Waals surface area contributed by atoms with E-state index < -0.39 is 176 Å². The average molecular weight is 1260 g/mol. The number of hydrogen-bond donors (Lipinski definition) is 10. The molecule has 0 fully saturated rings. The van der Waals surface area contributed by atoms with Gasteiger partial charge in [-0.15, -0.1) is 0 Å². The smallest absolute Gasteiger partial charge is 0.407 e. The number of carbonyl (C=O) groups is 11. The third kappa shape index (κ3) is 25.8. The van der Waals surface area contributed by atoms with Crippen molar-refractivity contribution in [2.75, 3.05) is 26.2 Å². The molecule has 0 saturated carbocycles. The van der Waals surface area contributed by atoms with Gasteiger partial charge in [-0.1, -0.05) is 81.4 Å². The van der Waals surface area contributed by atoms with Crippen molar-refractivity contribution in [2.45, 2.75) is 161 Å². The van der Waals surface area contributed by atoms with E-state index in [2.05, 4.69) is 26.6 Å². The molecule has 4 rings (SSSR count). The second-order valence-electron chi connectivity index (χ2n) is 23.4. The van der Waals surface area contributed by atoms with Crippen molar-refractivity contribution >= 4 is 65.4 Å². The van der Waals surface area contributed by atoms with Crippen molar-refractivity contribution in [1.82, 2.24) is 41.4 Å². The Morgan fingerprint density at radius 3 is 1.88 bits per heavy atom. The molecule has 90 heavy (non-hydrogen) atoms. The number of aliphatic hydroxyl groups excluding tert-OH is 1. The minimum Gasteiger partial charge on any atom is -0.481 e. The van der Waals surface area contributed by atoms with Crippen molar-refractivity contribution in [3.05, 3.63) is 120 Å². The number of hydrogen-bond acceptors (Lipinski definition) is 14. The molecule has 0 unspecified atom stereocenters. The van der Waals surface area contributed by atoms with Crippen LogP contribution in [0, 0.1) is 17.0 Å². The Kier molecular flexibility index (Phi) is 28.3. The van der Waals surface area contributed by atoms with Gasteiger partial charge >= 0.3 is 24.0 Å². The number of benzene rings is 3. The highest BCUT2D eigenvalue weighted by Gasteiger charge is 2.39. The Hall–Kier alpha value is -9.27. The van der Waals surface area contributed by atoms with Crippen molar-refractivity contribution in [3.8, 4) is 11.1 Å². The lowest BCUT2D eigenvalue weighted by molar-refractivity contribution is -0.159. The fourth-order valence-corrected chi connectivity index (χ4v) is 9.48. The molecule has 0 aliphatic heterocycles. The van der Waals surface area contributed by atoms with Crippen LogP contribution in [-0.2, 0) is 70.6 Å². The molecular weight excluding hydrogens is 1180 g/mol. The summed E-state index contributed by atoms with van der Waals surface area (Å²) in [6.45, 7) is 8.22. The summed E-state index contributed by atoms with van der Waals surface area (Å²) in [5, 5.41) is 41.6. The molecule has 1 heterocycles. The Balaban J connectivity index is 1.58. The highest BCUT2D eigenvalue weighted by atomic mass is 19.1. The molecule has 0 radical (unpaired) electrons. The molecule has 1 aromatic heterocycles. The van der Waals surface area contributed by atoms with Crippen LogP contribution in [0.1, 0.15) is 135 Å². The van der Waals surface area contributed by atoms with E-state index in [4.69, 9.17) is 21.7 Å². The van der Waals surface area contributed by atoms with Gasteiger partial charge in [0.1, 0.15) is 54.6 Å². The number of primary amides is 1. The summed E-state index contributed by atoms with van der Waals surface area (Å²) < 4.78 is 51.4. The minimum atomic E-state index is -1.86. The Morgan fingerprint density at radius 1 is 0.678 bits per heavy atom. The Morgan fingerprint density at radius 2 is 1.29 bits per heavy atom. The minimum absolute atomic E-state index is 0.0656. The van der Waals surface area contributed by atoms with Gasteiger partial charge in [0, 0.05) is 74.9 Å². The van der Waals surface area contributed by atoms with E-state index in [0.29, 0.717) is 18.5 Å². The molecule has 11 N–H and O–H groups in total. The maximum absolute atomic E-state index is 15.5. The standard InChI is InChI=1S/C63H83F2N9O16/c1-62(2,3)56(49-32-41(43-33-42(64)23-24-44(43)65)36-73(49)35-39-16-9-7-10-17-39)74(54(80)37-75)31-28-45(57(83)67-30-27-53(79)69-46(59(85)86)25-26-55(81)82)72-58(84)48(34-50(66)76)71-52(78)22-15-21-51(77)70-47(60(87)90-63(4,5)6)20-13-14-29-68-61(88)89-38-40-18-11-8-12-19-40/h7-12,16-19,23-24,32-33,36,45-48,56,75H,13-15,20-22,25-31,34-35,37-38H2,1-6H3,(H2,66,76)(H,67,83)(H,68,88)(H,69,79)(H,70,77)(H,71,78)(H,72,84)(H,81,82)(H,85,86)/t45-,46-,47-,48-,56-/m0/s1/i/hD. The average Bonchev–Trinajstić information content (AvgIpc) is 1.68. The number of aliphatic carboxylic acids is 2. The van der Waals surface area contributed by atoms with E-state index in [1.165, 1.54) is 4.90 Å². The Labute approximate surface area is 522 Å². The van der Waals surface area contributed by atoms with Crippen LogP contribution in [0.3, 0.4) is 0 Å². The molecular formula is C63H83F2N9O16. The maximum atomic E-state index is 15.5. The fraction of sp³-hybridized carbons (Fsp3) is 0.476. The number of aliphatic hydroxyl groups is 1. The van der Waals surface area contributed by atoms with Crippen LogP contribution in [0.5, 0.6) is 0 Å². The zero-order valence-corrected chi connectivity index (χ0v) is 51.4. The van der Waals surface area contributed by atoms with Crippen LogP contribution in [0.25, 0.3) is 11.1 Å². The number of alkyl carbamates (subject to hydrolysis) is 1. The SMILES string of the molecule is [2H]N(CCC(=O)N[C@@H](CCC(=O)O)C(=O)O)C(=O)[C@H](CCN(C(=O)CO)[C@@H](c1cc(-c2cc(F)ccc2F)cn1Cc1ccccc1)C(C)(C)C)NC(=O)[C@H](CC(N)=O)NC(=O)CCCC(=O)N[C@@H](CCCCNC(=O)OCc1ccccc1)C(=O)OC(C)(C)C. The molecule has 8 amide bonds. The number of rotatable bonds is 36. The van der Waals surface area contributed by atoms with Gasteiger partial charge in [-0.3, -0.25) is 38.4 Å². The first-order chi connectivity index (χ1) is 42.8. The van der Waals surface area contributed by atoms with Gasteiger partial charge in [0.2, 0.25) is 41.4 Å². The number of aromatic nitrogens is 1. The van der Waals surface area contributed by atoms with Crippen molar-refractivity contribution in [1.29, 1.82) is 0 Å². The van der Waals surface area contributed by atoms with Gasteiger partial charge in [-0.25, -0.2) is 23.2 Å². The first kappa shape index (κ1) is 71.5. The third-order valence-corrected chi connectivity index (χ3v) is 13.7. The van der Waals surface area contributed by atoms with Crippen LogP contribution in [0.2, 0.25) is 1.41 Å². The molecule has 0 bridgehead atoms. The molecule has 0 spiro atoms. The molecule has 25 nitrogen and oxygen atoms in total. The number of halogens is 2. The number of carboxylic acid groups (broad SMARTS) is 2. The number of esters is 1. The first-order valence-electron chi connectivity index (χ1n) is 29.8. The fourth-order valence-electron chi connectivity index (χ4n) is 9.48. The van der Waals surface area contributed by atoms with E-state index in [1.807, 2.05) is 30.3 Å². The van der Waals surface area contributed by atoms with E-state index in [9.17, 15) is 67.3 Å². The zero-order chi connectivity index (χ0) is 67.6. The van der Waals surface area contributed by atoms with Gasteiger partial charge in [0.15, 0.2) is 1.41 Å². The number of ether oxygens (including phenoxy) is 2. The van der Waals surface area contributed by atoms with Crippen molar-refractivity contribution in [3.63, 3.8) is 0 Å². The summed E-state index contributed by atoms with van der Waals surface area (Å²) in [4.78, 5) is 145. The number of amides is 8. The lowest BCUT2D eigenvalue weighted by Crippen LogP contribution is -2.56. The molecule has 0 aliphatic carbocycles. The van der Waals surface area contributed by atoms with Gasteiger partial charge < -0.3 is 71.9 Å². The van der Waals surface area contributed by atoms with E-state index in [0.717, 1.165) is 29.3 Å². The summed E-state index contributed by atoms with van der Waals surface area (Å²) in [5.41, 5.74) is 5.64. The lowest BCUT2D eigenvalue weighted by atomic mass is 9.82. The summed E-state index contributed by atoms with van der Waals surface area (Å²) >= 11 is 0. The van der Waals surface area contributed by atoms with Crippen molar-refractivity contribution < 1.29 is 87.7 Å². The quantitative estimate of drug-likeness (QED) is 0.0219. The van der Waals surface area contributed by atoms with E-state index in [-0.39, 0.29) is 55.4 Å². The summed E-state index contributed by atoms with van der Waals surface area (Å²) in [5.74, 6) is -12.1. The second-order valence-corrected chi connectivity index (χ2v) is 23.4. The highest BCUT2D eigenvalue weighted by Crippen LogP contribution is 2.41. The summed E-state index contributed by atoms with van der Waals surface area (Å²) in [6.07, 6.45) is -2.39. The van der Waals surface area contributed by atoms with Crippen LogP contribution >= 0.6 is 0 Å². The number of nitrogens with one attached hydrogen (secondary N) is 6. The predicted molar refractivity (Wildman–Crippen MR) is 323 cm³/mol.